The van der Waals surface area contributed by atoms with E-state index in [1.807, 2.05) is 18.2 Å². The van der Waals surface area contributed by atoms with Crippen molar-refractivity contribution in [3.8, 4) is 5.75 Å². The maximum atomic E-state index is 12.9. The van der Waals surface area contributed by atoms with E-state index in [2.05, 4.69) is 0 Å². The van der Waals surface area contributed by atoms with Gasteiger partial charge in [0.1, 0.15) is 12.4 Å². The molecule has 1 aromatic rings. The highest BCUT2D eigenvalue weighted by molar-refractivity contribution is 5.39. The molecule has 94 valence electrons. The van der Waals surface area contributed by atoms with Crippen molar-refractivity contribution in [3.63, 3.8) is 0 Å². The summed E-state index contributed by atoms with van der Waals surface area (Å²) in [6.07, 6.45) is 5.56. The zero-order valence-corrected chi connectivity index (χ0v) is 10.3. The number of methoxy groups -OCH3 is 1. The maximum Gasteiger partial charge on any atom is 0.124 e. The highest BCUT2D eigenvalue weighted by Crippen LogP contribution is 2.36. The van der Waals surface area contributed by atoms with Gasteiger partial charge in [-0.3, -0.25) is 0 Å². The third kappa shape index (κ3) is 2.44. The van der Waals surface area contributed by atoms with Crippen molar-refractivity contribution in [2.75, 3.05) is 7.11 Å². The van der Waals surface area contributed by atoms with Gasteiger partial charge in [-0.25, -0.2) is 4.39 Å². The van der Waals surface area contributed by atoms with E-state index >= 15 is 0 Å². The first kappa shape index (κ1) is 12.4. The first-order valence-electron chi connectivity index (χ1n) is 6.22. The van der Waals surface area contributed by atoms with Crippen LogP contribution in [0.2, 0.25) is 0 Å². The van der Waals surface area contributed by atoms with Crippen LogP contribution in [-0.4, -0.2) is 7.11 Å². The molecule has 0 spiro atoms. The molecule has 2 nitrogen and oxygen atoms in total. The van der Waals surface area contributed by atoms with Crippen molar-refractivity contribution in [1.29, 1.82) is 0 Å². The summed E-state index contributed by atoms with van der Waals surface area (Å²) in [7, 11) is 1.56. The summed E-state index contributed by atoms with van der Waals surface area (Å²) < 4.78 is 18.1. The number of hydrogen-bond donors (Lipinski definition) is 1. The van der Waals surface area contributed by atoms with Crippen molar-refractivity contribution in [2.24, 2.45) is 5.73 Å². The Labute approximate surface area is 102 Å². The molecule has 2 rings (SSSR count). The number of ether oxygens (including phenoxy) is 1. The van der Waals surface area contributed by atoms with Crippen molar-refractivity contribution < 1.29 is 9.13 Å². The van der Waals surface area contributed by atoms with Crippen LogP contribution in [0.1, 0.15) is 43.2 Å². The van der Waals surface area contributed by atoms with Gasteiger partial charge in [-0.05, 0) is 30.5 Å². The third-order valence-electron chi connectivity index (χ3n) is 3.75. The van der Waals surface area contributed by atoms with E-state index < -0.39 is 6.67 Å². The normalized spacial score (nSPS) is 19.0. The molecule has 0 heterocycles. The van der Waals surface area contributed by atoms with E-state index in [1.165, 1.54) is 6.42 Å². The fourth-order valence-electron chi connectivity index (χ4n) is 2.66. The highest BCUT2D eigenvalue weighted by atomic mass is 19.1. The van der Waals surface area contributed by atoms with Crippen molar-refractivity contribution >= 4 is 0 Å². The molecule has 17 heavy (non-hydrogen) atoms. The smallest absolute Gasteiger partial charge is 0.124 e. The van der Waals surface area contributed by atoms with Gasteiger partial charge in [0.25, 0.3) is 0 Å². The number of halogens is 1. The Hall–Kier alpha value is -1.09. The summed E-state index contributed by atoms with van der Waals surface area (Å²) >= 11 is 0. The summed E-state index contributed by atoms with van der Waals surface area (Å²) in [6, 6.07) is 5.67. The Kier molecular flexibility index (Phi) is 3.67. The van der Waals surface area contributed by atoms with Gasteiger partial charge in [-0.2, -0.15) is 0 Å². The SMILES string of the molecule is COc1ccc(C2(N)CCCCC2)cc1CF. The van der Waals surface area contributed by atoms with Crippen LogP contribution in [0.25, 0.3) is 0 Å². The second kappa shape index (κ2) is 5.05. The monoisotopic (exact) mass is 237 g/mol. The summed E-state index contributed by atoms with van der Waals surface area (Å²) in [5, 5.41) is 0. The van der Waals surface area contributed by atoms with Gasteiger partial charge in [-0.1, -0.05) is 25.3 Å². The molecule has 1 aromatic carbocycles. The molecular formula is C14H20FNO. The summed E-state index contributed by atoms with van der Waals surface area (Å²) in [4.78, 5) is 0. The topological polar surface area (TPSA) is 35.2 Å². The van der Waals surface area contributed by atoms with Gasteiger partial charge in [0.2, 0.25) is 0 Å². The lowest BCUT2D eigenvalue weighted by Gasteiger charge is -2.34. The zero-order chi connectivity index (χ0) is 12.3. The molecule has 3 heteroatoms. The Morgan fingerprint density at radius 2 is 2.00 bits per heavy atom. The van der Waals surface area contributed by atoms with Crippen LogP contribution >= 0.6 is 0 Å². The Morgan fingerprint density at radius 3 is 2.59 bits per heavy atom. The minimum Gasteiger partial charge on any atom is -0.496 e. The first-order chi connectivity index (χ1) is 8.19. The lowest BCUT2D eigenvalue weighted by atomic mass is 9.77. The van der Waals surface area contributed by atoms with E-state index in [9.17, 15) is 4.39 Å². The highest BCUT2D eigenvalue weighted by Gasteiger charge is 2.29. The largest absolute Gasteiger partial charge is 0.496 e. The molecule has 0 saturated heterocycles. The molecule has 0 bridgehead atoms. The quantitative estimate of drug-likeness (QED) is 0.875. The van der Waals surface area contributed by atoms with Crippen LogP contribution in [0.3, 0.4) is 0 Å². The lowest BCUT2D eigenvalue weighted by Crippen LogP contribution is -2.38. The molecule has 0 aliphatic heterocycles. The van der Waals surface area contributed by atoms with Gasteiger partial charge in [-0.15, -0.1) is 0 Å². The van der Waals surface area contributed by atoms with E-state index in [0.29, 0.717) is 11.3 Å². The zero-order valence-electron chi connectivity index (χ0n) is 10.3. The average Bonchev–Trinajstić information content (AvgIpc) is 2.38. The molecule has 1 fully saturated rings. The molecule has 0 radical (unpaired) electrons. The first-order valence-corrected chi connectivity index (χ1v) is 6.22. The van der Waals surface area contributed by atoms with Gasteiger partial charge < -0.3 is 10.5 Å². The maximum absolute atomic E-state index is 12.9. The van der Waals surface area contributed by atoms with E-state index in [0.717, 1.165) is 31.2 Å². The van der Waals surface area contributed by atoms with E-state index in [4.69, 9.17) is 10.5 Å². The minimum atomic E-state index is -0.507. The van der Waals surface area contributed by atoms with Crippen LogP contribution in [0.4, 0.5) is 4.39 Å². The Balaban J connectivity index is 2.32. The van der Waals surface area contributed by atoms with Crippen LogP contribution in [0.5, 0.6) is 5.75 Å². The van der Waals surface area contributed by atoms with Crippen LogP contribution in [0.15, 0.2) is 18.2 Å². The summed E-state index contributed by atoms with van der Waals surface area (Å²) in [6.45, 7) is -0.507. The van der Waals surface area contributed by atoms with Crippen LogP contribution in [-0.2, 0) is 12.2 Å². The molecule has 0 unspecified atom stereocenters. The molecule has 1 saturated carbocycles. The molecule has 2 N–H and O–H groups in total. The van der Waals surface area contributed by atoms with Crippen molar-refractivity contribution in [1.82, 2.24) is 0 Å². The second-order valence-electron chi connectivity index (χ2n) is 4.88. The van der Waals surface area contributed by atoms with Crippen molar-refractivity contribution in [2.45, 2.75) is 44.3 Å². The predicted octanol–water partition coefficient (Wildman–Crippen LogP) is 3.28. The Morgan fingerprint density at radius 1 is 1.29 bits per heavy atom. The van der Waals surface area contributed by atoms with Gasteiger partial charge in [0.05, 0.1) is 7.11 Å². The predicted molar refractivity (Wildman–Crippen MR) is 66.8 cm³/mol. The fourth-order valence-corrected chi connectivity index (χ4v) is 2.66. The second-order valence-corrected chi connectivity index (χ2v) is 4.88. The molecule has 1 aliphatic rings. The fraction of sp³-hybridized carbons (Fsp3) is 0.571. The minimum absolute atomic E-state index is 0.269. The lowest BCUT2D eigenvalue weighted by molar-refractivity contribution is 0.301. The molecule has 0 aromatic heterocycles. The standard InChI is InChI=1S/C14H20FNO/c1-17-13-6-5-12(9-11(13)10-15)14(16)7-3-2-4-8-14/h5-6,9H,2-4,7-8,10,16H2,1H3. The summed E-state index contributed by atoms with van der Waals surface area (Å²) in [5.41, 5.74) is 7.81. The van der Waals surface area contributed by atoms with Gasteiger partial charge >= 0.3 is 0 Å². The van der Waals surface area contributed by atoms with Crippen LogP contribution in [0, 0.1) is 0 Å². The van der Waals surface area contributed by atoms with E-state index in [1.54, 1.807) is 7.11 Å². The summed E-state index contributed by atoms with van der Waals surface area (Å²) in [5.74, 6) is 0.607. The van der Waals surface area contributed by atoms with Crippen LogP contribution < -0.4 is 10.5 Å². The third-order valence-corrected chi connectivity index (χ3v) is 3.75. The number of hydrogen-bond acceptors (Lipinski definition) is 2. The average molecular weight is 237 g/mol. The number of rotatable bonds is 3. The Bertz CT molecular complexity index is 386. The number of benzene rings is 1. The van der Waals surface area contributed by atoms with Gasteiger partial charge in [0.15, 0.2) is 0 Å². The molecule has 1 aliphatic carbocycles. The van der Waals surface area contributed by atoms with E-state index in [-0.39, 0.29) is 5.54 Å². The molecule has 0 amide bonds. The molecular weight excluding hydrogens is 217 g/mol. The number of nitrogens with two attached hydrogens (primary N) is 1. The van der Waals surface area contributed by atoms with Gasteiger partial charge in [0, 0.05) is 11.1 Å². The van der Waals surface area contributed by atoms with Crippen molar-refractivity contribution in [3.05, 3.63) is 29.3 Å². The molecule has 0 atom stereocenters. The number of alkyl halides is 1.